The minimum Gasteiger partial charge on any atom is -0.426 e. The summed E-state index contributed by atoms with van der Waals surface area (Å²) < 4.78 is 36.4. The van der Waals surface area contributed by atoms with E-state index in [0.29, 0.717) is 26.9 Å². The fourth-order valence-corrected chi connectivity index (χ4v) is 6.96. The molecule has 0 aliphatic rings. The molecule has 0 saturated carbocycles. The van der Waals surface area contributed by atoms with E-state index in [-0.39, 0.29) is 30.5 Å². The van der Waals surface area contributed by atoms with E-state index in [0.717, 1.165) is 17.2 Å². The fourth-order valence-electron chi connectivity index (χ4n) is 5.03. The van der Waals surface area contributed by atoms with Gasteiger partial charge in [0.2, 0.25) is 10.0 Å². The zero-order valence-corrected chi connectivity index (χ0v) is 26.8. The molecule has 1 atom stereocenters. The highest BCUT2D eigenvalue weighted by atomic mass is 79.9. The van der Waals surface area contributed by atoms with Gasteiger partial charge < -0.3 is 4.74 Å². The van der Waals surface area contributed by atoms with Crippen LogP contribution in [0.15, 0.2) is 64.0 Å². The summed E-state index contributed by atoms with van der Waals surface area (Å²) in [5.41, 5.74) is 2.74. The topological polar surface area (TPSA) is 133 Å². The van der Waals surface area contributed by atoms with E-state index in [1.165, 1.54) is 32.0 Å². The van der Waals surface area contributed by atoms with Gasteiger partial charge in [-0.1, -0.05) is 74.0 Å². The molecule has 3 aromatic carbocycles. The van der Waals surface area contributed by atoms with Crippen LogP contribution in [0.2, 0.25) is 0 Å². The van der Waals surface area contributed by atoms with E-state index >= 15 is 0 Å². The number of hydrogen-bond donors (Lipinski definition) is 1. The molecule has 0 amide bonds. The molecule has 224 valence electrons. The maximum Gasteiger partial charge on any atom is 0.308 e. The molecule has 42 heavy (non-hydrogen) atoms. The number of nitrogens with one attached hydrogen (secondary N) is 1. The van der Waals surface area contributed by atoms with E-state index in [9.17, 15) is 28.1 Å². The molecular weight excluding hydrogens is 624 g/mol. The Morgan fingerprint density at radius 1 is 0.929 bits per heavy atom. The van der Waals surface area contributed by atoms with Crippen LogP contribution in [0.3, 0.4) is 0 Å². The number of nitrogens with zero attached hydrogens (tertiary/aromatic N) is 1. The predicted octanol–water partition coefficient (Wildman–Crippen LogP) is 6.86. The van der Waals surface area contributed by atoms with Gasteiger partial charge in [-0.05, 0) is 72.1 Å². The zero-order chi connectivity index (χ0) is 31.4. The van der Waals surface area contributed by atoms with Crippen molar-refractivity contribution in [2.45, 2.75) is 77.2 Å². The Labute approximate surface area is 255 Å². The summed E-state index contributed by atoms with van der Waals surface area (Å²) in [5, 5.41) is 11.7. The SMILES string of the molecule is CC(=O)Oc1c(C[C@@H](Cc2cccc(C(C)C)c2C(C)=O)NS(=O)(=O)c2ccccc2[N+](=O)[O-])cc(Br)cc1C(C)C. The van der Waals surface area contributed by atoms with Crippen LogP contribution in [0, 0.1) is 10.1 Å². The number of rotatable bonds is 12. The van der Waals surface area contributed by atoms with E-state index in [1.54, 1.807) is 12.1 Å². The molecule has 0 unspecified atom stereocenters. The normalized spacial score (nSPS) is 12.4. The summed E-state index contributed by atoms with van der Waals surface area (Å²) in [6.45, 7) is 10.6. The van der Waals surface area contributed by atoms with E-state index in [4.69, 9.17) is 4.74 Å². The third-order valence-corrected chi connectivity index (χ3v) is 8.82. The first-order valence-corrected chi connectivity index (χ1v) is 15.8. The number of hydrogen-bond acceptors (Lipinski definition) is 7. The third-order valence-electron chi connectivity index (χ3n) is 6.79. The molecule has 0 fully saturated rings. The summed E-state index contributed by atoms with van der Waals surface area (Å²) in [6, 6.07) is 13.3. The monoisotopic (exact) mass is 658 g/mol. The van der Waals surface area contributed by atoms with Gasteiger partial charge in [-0.3, -0.25) is 19.7 Å². The van der Waals surface area contributed by atoms with Gasteiger partial charge in [-0.25, -0.2) is 13.1 Å². The van der Waals surface area contributed by atoms with Crippen molar-refractivity contribution in [1.82, 2.24) is 4.72 Å². The van der Waals surface area contributed by atoms with Crippen LogP contribution in [0.1, 0.15) is 86.0 Å². The molecule has 0 heterocycles. The van der Waals surface area contributed by atoms with Gasteiger partial charge in [-0.15, -0.1) is 0 Å². The molecule has 0 aliphatic heterocycles. The van der Waals surface area contributed by atoms with Crippen molar-refractivity contribution in [3.05, 3.63) is 97.0 Å². The molecule has 9 nitrogen and oxygen atoms in total. The summed E-state index contributed by atoms with van der Waals surface area (Å²) in [4.78, 5) is 35.4. The molecule has 11 heteroatoms. The number of carbonyl (C=O) groups excluding carboxylic acids is 2. The smallest absolute Gasteiger partial charge is 0.308 e. The van der Waals surface area contributed by atoms with Gasteiger partial charge in [0.1, 0.15) is 5.75 Å². The van der Waals surface area contributed by atoms with Crippen molar-refractivity contribution in [2.75, 3.05) is 0 Å². The predicted molar refractivity (Wildman–Crippen MR) is 165 cm³/mol. The lowest BCUT2D eigenvalue weighted by Gasteiger charge is -2.24. The van der Waals surface area contributed by atoms with Crippen LogP contribution in [-0.4, -0.2) is 31.1 Å². The van der Waals surface area contributed by atoms with E-state index in [1.807, 2.05) is 45.9 Å². The lowest BCUT2D eigenvalue weighted by atomic mass is 9.87. The molecular formula is C31H35BrN2O7S. The molecule has 0 bridgehead atoms. The van der Waals surface area contributed by atoms with Crippen molar-refractivity contribution in [3.63, 3.8) is 0 Å². The minimum atomic E-state index is -4.40. The molecule has 0 saturated heterocycles. The van der Waals surface area contributed by atoms with Gasteiger partial charge in [0.05, 0.1) is 4.92 Å². The van der Waals surface area contributed by atoms with Crippen molar-refractivity contribution in [1.29, 1.82) is 0 Å². The lowest BCUT2D eigenvalue weighted by molar-refractivity contribution is -0.387. The number of halogens is 1. The van der Waals surface area contributed by atoms with E-state index in [2.05, 4.69) is 20.7 Å². The Morgan fingerprint density at radius 3 is 2.12 bits per heavy atom. The Balaban J connectivity index is 2.21. The zero-order valence-electron chi connectivity index (χ0n) is 24.4. The van der Waals surface area contributed by atoms with Gasteiger partial charge in [0.25, 0.3) is 5.69 Å². The number of carbonyl (C=O) groups is 2. The standard InChI is InChI=1S/C31H35BrN2O7S/c1-18(2)26-11-9-10-22(30(26)20(5)35)15-25(33-42(39,40)29-13-8-7-12-28(29)34(37)38)16-23-14-24(32)17-27(19(3)4)31(23)41-21(6)36/h7-14,17-19,25,33H,15-16H2,1-6H3/t25-/m1/s1. The quantitative estimate of drug-likeness (QED) is 0.0738. The maximum atomic E-state index is 13.7. The lowest BCUT2D eigenvalue weighted by Crippen LogP contribution is -2.39. The molecule has 0 aliphatic carbocycles. The second kappa shape index (κ2) is 13.7. The first kappa shape index (κ1) is 33.1. The highest BCUT2D eigenvalue weighted by molar-refractivity contribution is 9.10. The van der Waals surface area contributed by atoms with Gasteiger partial charge in [0.15, 0.2) is 10.7 Å². The van der Waals surface area contributed by atoms with Crippen molar-refractivity contribution in [2.24, 2.45) is 0 Å². The average molecular weight is 660 g/mol. The van der Waals surface area contributed by atoms with Gasteiger partial charge in [-0.2, -0.15) is 0 Å². The van der Waals surface area contributed by atoms with Crippen molar-refractivity contribution < 1.29 is 27.7 Å². The van der Waals surface area contributed by atoms with Crippen LogP contribution < -0.4 is 9.46 Å². The van der Waals surface area contributed by atoms with Crippen molar-refractivity contribution >= 4 is 43.4 Å². The molecule has 0 radical (unpaired) electrons. The van der Waals surface area contributed by atoms with E-state index < -0.39 is 37.5 Å². The highest BCUT2D eigenvalue weighted by Gasteiger charge is 2.30. The van der Waals surface area contributed by atoms with Crippen molar-refractivity contribution in [3.8, 4) is 5.75 Å². The largest absolute Gasteiger partial charge is 0.426 e. The molecule has 3 aromatic rings. The number of ketones is 1. The summed E-state index contributed by atoms with van der Waals surface area (Å²) in [7, 11) is -4.40. The molecule has 1 N–H and O–H groups in total. The third kappa shape index (κ3) is 7.90. The first-order chi connectivity index (χ1) is 19.6. The molecule has 3 rings (SSSR count). The maximum absolute atomic E-state index is 13.7. The van der Waals surface area contributed by atoms with Crippen LogP contribution in [-0.2, 0) is 27.7 Å². The summed E-state index contributed by atoms with van der Waals surface area (Å²) in [5.74, 6) is -0.330. The number of nitro groups is 1. The number of benzene rings is 3. The number of sulfonamides is 1. The van der Waals surface area contributed by atoms with Crippen LogP contribution in [0.5, 0.6) is 5.75 Å². The fraction of sp³-hybridized carbons (Fsp3) is 0.355. The molecule has 0 spiro atoms. The number of ether oxygens (including phenoxy) is 1. The van der Waals surface area contributed by atoms with Crippen LogP contribution in [0.4, 0.5) is 5.69 Å². The second-order valence-electron chi connectivity index (χ2n) is 10.8. The Morgan fingerprint density at radius 2 is 1.55 bits per heavy atom. The van der Waals surface area contributed by atoms with Crippen LogP contribution in [0.25, 0.3) is 0 Å². The highest BCUT2D eigenvalue weighted by Crippen LogP contribution is 2.36. The van der Waals surface area contributed by atoms with Gasteiger partial charge >= 0.3 is 5.97 Å². The minimum absolute atomic E-state index is 0.0234. The summed E-state index contributed by atoms with van der Waals surface area (Å²) >= 11 is 3.52. The van der Waals surface area contributed by atoms with Crippen LogP contribution >= 0.6 is 15.9 Å². The van der Waals surface area contributed by atoms with Gasteiger partial charge in [0, 0.05) is 29.1 Å². The molecule has 0 aromatic heterocycles. The average Bonchev–Trinajstić information content (AvgIpc) is 2.89. The number of nitro benzene ring substituents is 1. The summed E-state index contributed by atoms with van der Waals surface area (Å²) in [6.07, 6.45) is 0.156. The number of Topliss-reactive ketones (excluding diaryl/α,β-unsaturated/α-hetero) is 1. The first-order valence-electron chi connectivity index (χ1n) is 13.5. The number of esters is 1. The Bertz CT molecular complexity index is 1620. The Hall–Kier alpha value is -3.41. The second-order valence-corrected chi connectivity index (χ2v) is 13.4. The number of para-hydroxylation sites is 1. The Kier molecular flexibility index (Phi) is 10.8.